The maximum absolute atomic E-state index is 10.5. The molecule has 2 heterocycles. The molecule has 0 atom stereocenters. The van der Waals surface area contributed by atoms with Crippen LogP contribution in [0.2, 0.25) is 0 Å². The minimum absolute atomic E-state index is 0.169. The molecule has 0 aliphatic carbocycles. The zero-order valence-electron chi connectivity index (χ0n) is 21.0. The molecule has 14 heteroatoms. The van der Waals surface area contributed by atoms with Crippen LogP contribution in [0.4, 0.5) is 17.5 Å². The number of ether oxygens (including phenoxy) is 3. The molecule has 8 N–H and O–H groups in total. The first-order valence-electron chi connectivity index (χ1n) is 11.0. The van der Waals surface area contributed by atoms with E-state index in [2.05, 4.69) is 15.3 Å². The molecule has 0 spiro atoms. The number of H-pyrrole nitrogens is 2. The van der Waals surface area contributed by atoms with E-state index in [9.17, 15) is 14.4 Å². The van der Waals surface area contributed by atoms with Crippen molar-refractivity contribution in [2.45, 2.75) is 13.5 Å². The number of carboxylic acids is 1. The monoisotopic (exact) mass is 525 g/mol. The predicted octanol–water partition coefficient (Wildman–Crippen LogP) is 1.50. The van der Waals surface area contributed by atoms with Gasteiger partial charge in [-0.25, -0.2) is 14.6 Å². The first-order valence-corrected chi connectivity index (χ1v) is 11.0. The summed E-state index contributed by atoms with van der Waals surface area (Å²) in [5.74, 6) is 0.931. The minimum Gasteiger partial charge on any atom is -0.493 e. The van der Waals surface area contributed by atoms with Gasteiger partial charge in [0, 0.05) is 35.8 Å². The zero-order chi connectivity index (χ0) is 28.0. The fraction of sp³-hybridized carbons (Fsp3) is 0.208. The fourth-order valence-corrected chi connectivity index (χ4v) is 3.64. The number of methoxy groups -OCH3 is 3. The van der Waals surface area contributed by atoms with E-state index in [0.29, 0.717) is 29.6 Å². The topological polar surface area (TPSA) is 221 Å². The quantitative estimate of drug-likeness (QED) is 0.202. The number of carbonyl (C=O) groups is 1. The molecule has 0 amide bonds. The van der Waals surface area contributed by atoms with E-state index in [1.807, 2.05) is 41.2 Å². The number of carboxylic acid groups (broad SMARTS) is 1. The Hall–Kier alpha value is -5.27. The number of nitrogens with one attached hydrogen (secondary N) is 3. The molecule has 0 aliphatic heterocycles. The summed E-state index contributed by atoms with van der Waals surface area (Å²) in [5, 5.41) is 12.5. The molecule has 4 aromatic rings. The summed E-state index contributed by atoms with van der Waals surface area (Å²) >= 11 is 0. The van der Waals surface area contributed by atoms with E-state index < -0.39 is 22.9 Å². The lowest BCUT2D eigenvalue weighted by Crippen LogP contribution is -2.24. The van der Waals surface area contributed by atoms with Crippen LogP contribution in [0.25, 0.3) is 10.9 Å². The van der Waals surface area contributed by atoms with Gasteiger partial charge in [-0.05, 0) is 24.1 Å². The lowest BCUT2D eigenvalue weighted by molar-refractivity contribution is 0.0689. The third-order valence-corrected chi connectivity index (χ3v) is 5.42. The molecule has 38 heavy (non-hydrogen) atoms. The molecule has 0 saturated heterocycles. The molecule has 0 unspecified atom stereocenters. The fourth-order valence-electron chi connectivity index (χ4n) is 3.64. The Bertz CT molecular complexity index is 1540. The Kier molecular flexibility index (Phi) is 8.37. The largest absolute Gasteiger partial charge is 0.493 e. The molecule has 4 rings (SSSR count). The van der Waals surface area contributed by atoms with Gasteiger partial charge in [0.2, 0.25) is 11.7 Å². The highest BCUT2D eigenvalue weighted by Crippen LogP contribution is 2.40. The highest BCUT2D eigenvalue weighted by atomic mass is 16.5. The average Bonchev–Trinajstić information content (AvgIpc) is 2.87. The van der Waals surface area contributed by atoms with E-state index in [-0.39, 0.29) is 5.95 Å². The lowest BCUT2D eigenvalue weighted by Gasteiger charge is -2.16. The number of nitrogen functional groups attached to an aromatic ring is 2. The molecule has 2 aromatic carbocycles. The summed E-state index contributed by atoms with van der Waals surface area (Å²) in [7, 11) is 4.75. The third-order valence-electron chi connectivity index (χ3n) is 5.42. The maximum Gasteiger partial charge on any atom is 0.352 e. The number of nitrogens with two attached hydrogens (primary N) is 2. The highest BCUT2D eigenvalue weighted by Gasteiger charge is 2.14. The normalized spacial score (nSPS) is 10.3. The molecular formula is C24H27N7O7. The number of nitrogens with zero attached hydrogens (tertiary/aromatic N) is 2. The van der Waals surface area contributed by atoms with Crippen molar-refractivity contribution in [3.05, 3.63) is 68.0 Å². The highest BCUT2D eigenvalue weighted by molar-refractivity contribution is 5.92. The molecule has 0 bridgehead atoms. The number of aromatic amines is 2. The van der Waals surface area contributed by atoms with Gasteiger partial charge in [0.1, 0.15) is 11.5 Å². The molecule has 0 radical (unpaired) electrons. The number of aryl methyl sites for hydroxylation is 1. The van der Waals surface area contributed by atoms with Crippen LogP contribution < -0.4 is 42.2 Å². The number of hydrogen-bond acceptors (Lipinski definition) is 11. The van der Waals surface area contributed by atoms with Gasteiger partial charge in [-0.2, -0.15) is 4.98 Å². The number of aromatic nitrogens is 4. The lowest BCUT2D eigenvalue weighted by atomic mass is 10.0. The number of anilines is 3. The van der Waals surface area contributed by atoms with Crippen LogP contribution in [0.15, 0.2) is 39.9 Å². The second kappa shape index (κ2) is 11.6. The van der Waals surface area contributed by atoms with Gasteiger partial charge in [-0.3, -0.25) is 9.78 Å². The summed E-state index contributed by atoms with van der Waals surface area (Å²) in [6.07, 6.45) is 0. The SMILES string of the molecule is COc1cc(NCc2ccc3nc(N)nc(N)c3c2C)cc(OC)c1OC.O=C(O)c1cc(=O)[nH]c(=O)[nH]1. The van der Waals surface area contributed by atoms with Gasteiger partial charge in [0.25, 0.3) is 5.56 Å². The first kappa shape index (κ1) is 27.3. The summed E-state index contributed by atoms with van der Waals surface area (Å²) in [5.41, 5.74) is 13.4. The number of hydrogen-bond donors (Lipinski definition) is 6. The Morgan fingerprint density at radius 2 is 1.66 bits per heavy atom. The molecule has 0 aliphatic rings. The molecule has 0 saturated carbocycles. The van der Waals surface area contributed by atoms with Crippen molar-refractivity contribution >= 4 is 34.3 Å². The van der Waals surface area contributed by atoms with Crippen molar-refractivity contribution in [3.8, 4) is 17.2 Å². The van der Waals surface area contributed by atoms with Crippen molar-refractivity contribution in [2.24, 2.45) is 0 Å². The molecule has 2 aromatic heterocycles. The number of fused-ring (bicyclic) bond motifs is 1. The zero-order valence-corrected chi connectivity index (χ0v) is 21.0. The smallest absolute Gasteiger partial charge is 0.352 e. The van der Waals surface area contributed by atoms with Crippen LogP contribution in [0.1, 0.15) is 21.6 Å². The van der Waals surface area contributed by atoms with Crippen molar-refractivity contribution in [1.29, 1.82) is 0 Å². The van der Waals surface area contributed by atoms with Crippen LogP contribution in [0.5, 0.6) is 17.2 Å². The molecular weight excluding hydrogens is 498 g/mol. The van der Waals surface area contributed by atoms with Gasteiger partial charge >= 0.3 is 11.7 Å². The Morgan fingerprint density at radius 1 is 1.00 bits per heavy atom. The second-order valence-corrected chi connectivity index (χ2v) is 7.78. The van der Waals surface area contributed by atoms with E-state index in [4.69, 9.17) is 30.8 Å². The summed E-state index contributed by atoms with van der Waals surface area (Å²) < 4.78 is 16.1. The summed E-state index contributed by atoms with van der Waals surface area (Å²) in [6, 6.07) is 8.40. The van der Waals surface area contributed by atoms with E-state index in [1.165, 1.54) is 0 Å². The standard InChI is InChI=1S/C19H23N5O3.C5H4N2O4/c1-10-11(5-6-13-16(10)18(20)24-19(21)23-13)9-22-12-7-14(25-2)17(27-4)15(8-12)26-3;8-3-1-2(4(9)10)6-5(11)7-3/h5-8,22H,9H2,1-4H3,(H4,20,21,23,24);1H,(H,9,10)(H2,6,7,8,11). The minimum atomic E-state index is -1.34. The number of aromatic carboxylic acids is 1. The Morgan fingerprint density at radius 3 is 2.21 bits per heavy atom. The van der Waals surface area contributed by atoms with Crippen molar-refractivity contribution in [3.63, 3.8) is 0 Å². The van der Waals surface area contributed by atoms with Crippen LogP contribution in [0.3, 0.4) is 0 Å². The predicted molar refractivity (Wildman–Crippen MR) is 141 cm³/mol. The van der Waals surface area contributed by atoms with Crippen LogP contribution in [-0.2, 0) is 6.54 Å². The summed E-state index contributed by atoms with van der Waals surface area (Å²) in [6.45, 7) is 2.56. The number of rotatable bonds is 7. The van der Waals surface area contributed by atoms with Gasteiger partial charge in [0.15, 0.2) is 11.5 Å². The van der Waals surface area contributed by atoms with E-state index in [0.717, 1.165) is 33.8 Å². The maximum atomic E-state index is 10.5. The van der Waals surface area contributed by atoms with Crippen LogP contribution >= 0.6 is 0 Å². The van der Waals surface area contributed by atoms with Crippen molar-refractivity contribution in [2.75, 3.05) is 38.1 Å². The Labute approximate surface area is 215 Å². The van der Waals surface area contributed by atoms with Crippen LogP contribution in [-0.4, -0.2) is 52.3 Å². The van der Waals surface area contributed by atoms with Gasteiger partial charge in [0.05, 0.1) is 26.8 Å². The Balaban J connectivity index is 0.000000304. The molecule has 200 valence electrons. The summed E-state index contributed by atoms with van der Waals surface area (Å²) in [4.78, 5) is 43.2. The third kappa shape index (κ3) is 6.10. The van der Waals surface area contributed by atoms with E-state index in [1.54, 1.807) is 21.3 Å². The van der Waals surface area contributed by atoms with Gasteiger partial charge in [-0.1, -0.05) is 6.07 Å². The van der Waals surface area contributed by atoms with Crippen molar-refractivity contribution in [1.82, 2.24) is 19.9 Å². The average molecular weight is 526 g/mol. The number of benzene rings is 2. The molecule has 0 fully saturated rings. The van der Waals surface area contributed by atoms with Crippen molar-refractivity contribution < 1.29 is 24.1 Å². The second-order valence-electron chi connectivity index (χ2n) is 7.78. The molecule has 14 nitrogen and oxygen atoms in total. The van der Waals surface area contributed by atoms with Gasteiger partial charge < -0.3 is 41.1 Å². The van der Waals surface area contributed by atoms with E-state index >= 15 is 0 Å². The van der Waals surface area contributed by atoms with Crippen LogP contribution in [0, 0.1) is 6.92 Å². The first-order chi connectivity index (χ1) is 18.1. The van der Waals surface area contributed by atoms with Gasteiger partial charge in [-0.15, -0.1) is 0 Å².